The lowest BCUT2D eigenvalue weighted by Gasteiger charge is -2.25. The second-order valence-corrected chi connectivity index (χ2v) is 8.92. The fourth-order valence-electron chi connectivity index (χ4n) is 3.52. The van der Waals surface area contributed by atoms with Gasteiger partial charge in [0, 0.05) is 18.7 Å². The van der Waals surface area contributed by atoms with Crippen molar-refractivity contribution in [3.63, 3.8) is 0 Å². The number of ether oxygens (including phenoxy) is 5. The van der Waals surface area contributed by atoms with Crippen LogP contribution in [0.25, 0.3) is 0 Å². The van der Waals surface area contributed by atoms with Crippen molar-refractivity contribution in [2.75, 3.05) is 13.4 Å². The summed E-state index contributed by atoms with van der Waals surface area (Å²) in [6, 6.07) is 11.1. The van der Waals surface area contributed by atoms with Gasteiger partial charge in [-0.1, -0.05) is 12.1 Å². The molecule has 1 heterocycles. The highest BCUT2D eigenvalue weighted by Gasteiger charge is 2.42. The summed E-state index contributed by atoms with van der Waals surface area (Å²) < 4.78 is 38.5. The zero-order valence-electron chi connectivity index (χ0n) is 20.0. The molecule has 0 aromatic heterocycles. The summed E-state index contributed by atoms with van der Waals surface area (Å²) in [5, 5.41) is 14.0. The molecule has 12 heteroatoms. The molecule has 1 fully saturated rings. The van der Waals surface area contributed by atoms with Crippen LogP contribution in [0.2, 0.25) is 0 Å². The minimum absolute atomic E-state index is 0.0427. The highest BCUT2D eigenvalue weighted by molar-refractivity contribution is 5.65. The maximum Gasteiger partial charge on any atom is 0.514 e. The average molecular weight is 506 g/mol. The van der Waals surface area contributed by atoms with E-state index in [9.17, 15) is 24.1 Å². The van der Waals surface area contributed by atoms with E-state index in [1.807, 2.05) is 0 Å². The predicted octanol–water partition coefficient (Wildman–Crippen LogP) is 4.32. The Morgan fingerprint density at radius 3 is 2.25 bits per heavy atom. The molecule has 1 N–H and O–H groups in total. The number of rotatable bonds is 8. The van der Waals surface area contributed by atoms with Crippen molar-refractivity contribution in [3.8, 4) is 11.5 Å². The zero-order chi connectivity index (χ0) is 26.3. The molecule has 0 aliphatic carbocycles. The first-order valence-corrected chi connectivity index (χ1v) is 11.1. The van der Waals surface area contributed by atoms with Crippen LogP contribution in [0, 0.1) is 10.1 Å². The Labute approximate surface area is 206 Å². The van der Waals surface area contributed by atoms with E-state index >= 15 is 0 Å². The van der Waals surface area contributed by atoms with Gasteiger partial charge < -0.3 is 29.0 Å². The highest BCUT2D eigenvalue weighted by atomic mass is 19.1. The minimum atomic E-state index is -1.08. The number of benzene rings is 2. The van der Waals surface area contributed by atoms with Crippen LogP contribution < -0.4 is 14.8 Å². The van der Waals surface area contributed by atoms with E-state index in [4.69, 9.17) is 23.7 Å². The van der Waals surface area contributed by atoms with Gasteiger partial charge in [-0.15, -0.1) is 0 Å². The van der Waals surface area contributed by atoms with Gasteiger partial charge in [0.1, 0.15) is 17.1 Å². The smallest absolute Gasteiger partial charge is 0.463 e. The molecule has 0 unspecified atom stereocenters. The van der Waals surface area contributed by atoms with Gasteiger partial charge in [0.2, 0.25) is 6.86 Å². The largest absolute Gasteiger partial charge is 0.514 e. The van der Waals surface area contributed by atoms with Gasteiger partial charge in [-0.2, -0.15) is 0 Å². The molecule has 194 valence electrons. The number of halogens is 1. The lowest BCUT2D eigenvalue weighted by atomic mass is 10.0. The summed E-state index contributed by atoms with van der Waals surface area (Å²) in [4.78, 5) is 35.0. The van der Waals surface area contributed by atoms with Crippen LogP contribution in [0.1, 0.15) is 26.3 Å². The molecular weight excluding hydrogens is 479 g/mol. The first-order chi connectivity index (χ1) is 17.0. The molecule has 0 bridgehead atoms. The van der Waals surface area contributed by atoms with Crippen LogP contribution in [0.4, 0.5) is 19.7 Å². The molecule has 2 aromatic carbocycles. The van der Waals surface area contributed by atoms with Crippen molar-refractivity contribution in [1.29, 1.82) is 0 Å². The quantitative estimate of drug-likeness (QED) is 0.239. The number of non-ortho nitro benzene ring substituents is 1. The van der Waals surface area contributed by atoms with E-state index in [1.165, 1.54) is 24.3 Å². The highest BCUT2D eigenvalue weighted by Crippen LogP contribution is 2.24. The number of nitrogens with zero attached hydrogens (tertiary/aromatic N) is 1. The van der Waals surface area contributed by atoms with Crippen molar-refractivity contribution >= 4 is 18.0 Å². The Balaban J connectivity index is 1.71. The van der Waals surface area contributed by atoms with Crippen LogP contribution in [0.5, 0.6) is 11.5 Å². The SMILES string of the molecule is CC(C)(C)OC(=O)O[C@H]1CN[C@H](Cc2ccc(OCF)cc2)[C@@H]1OC(=O)Oc1ccc([N+](=O)[O-])cc1. The summed E-state index contributed by atoms with van der Waals surface area (Å²) in [6.07, 6.45) is -3.43. The second-order valence-electron chi connectivity index (χ2n) is 8.92. The van der Waals surface area contributed by atoms with Crippen molar-refractivity contribution in [2.24, 2.45) is 0 Å². The van der Waals surface area contributed by atoms with Crippen LogP contribution in [-0.4, -0.2) is 54.5 Å². The number of nitrogens with one attached hydrogen (secondary N) is 1. The van der Waals surface area contributed by atoms with Gasteiger partial charge in [0.05, 0.1) is 11.0 Å². The van der Waals surface area contributed by atoms with Crippen LogP contribution >= 0.6 is 0 Å². The van der Waals surface area contributed by atoms with E-state index < -0.39 is 47.9 Å². The average Bonchev–Trinajstić information content (AvgIpc) is 3.14. The third-order valence-electron chi connectivity index (χ3n) is 5.06. The van der Waals surface area contributed by atoms with Gasteiger partial charge in [-0.3, -0.25) is 10.1 Å². The van der Waals surface area contributed by atoms with Crippen LogP contribution in [-0.2, 0) is 20.6 Å². The molecule has 3 atom stereocenters. The predicted molar refractivity (Wildman–Crippen MR) is 124 cm³/mol. The monoisotopic (exact) mass is 506 g/mol. The molecule has 3 rings (SSSR count). The molecule has 0 spiro atoms. The molecule has 0 saturated carbocycles. The van der Waals surface area contributed by atoms with Crippen molar-refractivity contribution in [1.82, 2.24) is 5.32 Å². The molecule has 11 nitrogen and oxygen atoms in total. The van der Waals surface area contributed by atoms with Gasteiger partial charge in [0.15, 0.2) is 12.2 Å². The third kappa shape index (κ3) is 7.80. The maximum atomic E-state index is 12.5. The van der Waals surface area contributed by atoms with Gasteiger partial charge in [-0.25, -0.2) is 14.0 Å². The topological polar surface area (TPSA) is 135 Å². The molecule has 0 amide bonds. The summed E-state index contributed by atoms with van der Waals surface area (Å²) in [5.41, 5.74) is -0.115. The van der Waals surface area contributed by atoms with Gasteiger partial charge in [-0.05, 0) is 57.0 Å². The zero-order valence-corrected chi connectivity index (χ0v) is 20.0. The Bertz CT molecular complexity index is 1050. The second kappa shape index (κ2) is 11.7. The Morgan fingerprint density at radius 1 is 1.03 bits per heavy atom. The van der Waals surface area contributed by atoms with Gasteiger partial charge >= 0.3 is 12.3 Å². The number of hydrogen-bond acceptors (Lipinski definition) is 10. The first-order valence-electron chi connectivity index (χ1n) is 11.1. The van der Waals surface area contributed by atoms with E-state index in [2.05, 4.69) is 5.32 Å². The van der Waals surface area contributed by atoms with E-state index in [0.29, 0.717) is 12.2 Å². The van der Waals surface area contributed by atoms with Crippen LogP contribution in [0.3, 0.4) is 0 Å². The fourth-order valence-corrected chi connectivity index (χ4v) is 3.52. The van der Waals surface area contributed by atoms with E-state index in [1.54, 1.807) is 45.0 Å². The number of nitro benzene ring substituents is 1. The summed E-state index contributed by atoms with van der Waals surface area (Å²) in [5.74, 6) is 0.410. The third-order valence-corrected chi connectivity index (χ3v) is 5.06. The Morgan fingerprint density at radius 2 is 1.67 bits per heavy atom. The number of carbonyl (C=O) groups excluding carboxylic acids is 2. The lowest BCUT2D eigenvalue weighted by Crippen LogP contribution is -2.41. The Hall–Kier alpha value is -3.93. The lowest BCUT2D eigenvalue weighted by molar-refractivity contribution is -0.384. The molecule has 36 heavy (non-hydrogen) atoms. The summed E-state index contributed by atoms with van der Waals surface area (Å²) in [7, 11) is 0. The Kier molecular flexibility index (Phi) is 8.64. The number of hydrogen-bond donors (Lipinski definition) is 1. The minimum Gasteiger partial charge on any atom is -0.463 e. The number of alkyl halides is 1. The van der Waals surface area contributed by atoms with Crippen LogP contribution in [0.15, 0.2) is 48.5 Å². The van der Waals surface area contributed by atoms with Crippen molar-refractivity contribution in [3.05, 3.63) is 64.2 Å². The molecule has 1 saturated heterocycles. The van der Waals surface area contributed by atoms with Crippen molar-refractivity contribution < 1.29 is 42.6 Å². The maximum absolute atomic E-state index is 12.5. The standard InChI is InChI=1S/C24H27FN2O9/c1-24(2,3)36-23(29)34-20-13-26-19(12-15-4-8-17(9-5-15)32-14-25)21(20)35-22(28)33-18-10-6-16(7-11-18)27(30)31/h4-11,19-21,26H,12-14H2,1-3H3/t19-,20+,21+/m1/s1. The molecule has 1 aliphatic rings. The van der Waals surface area contributed by atoms with Crippen molar-refractivity contribution in [2.45, 2.75) is 51.0 Å². The molecule has 2 aromatic rings. The fraction of sp³-hybridized carbons (Fsp3) is 0.417. The normalized spacial score (nSPS) is 19.3. The van der Waals surface area contributed by atoms with E-state index in [0.717, 1.165) is 5.56 Å². The number of carbonyl (C=O) groups is 2. The van der Waals surface area contributed by atoms with E-state index in [-0.39, 0.29) is 18.0 Å². The molecule has 1 aliphatic heterocycles. The first kappa shape index (κ1) is 26.7. The number of nitro groups is 1. The summed E-state index contributed by atoms with van der Waals surface area (Å²) in [6.45, 7) is 4.31. The molecule has 0 radical (unpaired) electrons. The van der Waals surface area contributed by atoms with Gasteiger partial charge in [0.25, 0.3) is 5.69 Å². The molecular formula is C24H27FN2O9. The summed E-state index contributed by atoms with van der Waals surface area (Å²) >= 11 is 0.